The normalized spacial score (nSPS) is 24.1. The van der Waals surface area contributed by atoms with E-state index in [1.165, 1.54) is 0 Å². The minimum Gasteiger partial charge on any atom is -0.425 e. The quantitative estimate of drug-likeness (QED) is 0.846. The Balaban J connectivity index is 1.73. The summed E-state index contributed by atoms with van der Waals surface area (Å²) in [6.45, 7) is 7.53. The van der Waals surface area contributed by atoms with Crippen LogP contribution in [0.5, 0.6) is 0 Å². The maximum Gasteiger partial charge on any atom is 0.240 e. The standard InChI is InChI=1S/C13H19N5O2/c1-8-11(13-16-15-10(3)19-13)5-4-6-18(8)7-12-14-9(2)17-20-12/h8,11H,4-7H2,1-3H3/t8-,11-/m0/s1. The minimum absolute atomic E-state index is 0.272. The van der Waals surface area contributed by atoms with Crippen molar-refractivity contribution in [1.82, 2.24) is 25.2 Å². The Morgan fingerprint density at radius 2 is 2.15 bits per heavy atom. The monoisotopic (exact) mass is 277 g/mol. The van der Waals surface area contributed by atoms with E-state index in [4.69, 9.17) is 8.94 Å². The number of hydrogen-bond acceptors (Lipinski definition) is 7. The highest BCUT2D eigenvalue weighted by molar-refractivity contribution is 5.00. The third-order valence-corrected chi connectivity index (χ3v) is 3.89. The van der Waals surface area contributed by atoms with Crippen molar-refractivity contribution >= 4 is 0 Å². The maximum atomic E-state index is 5.60. The molecule has 0 aliphatic carbocycles. The molecule has 0 spiro atoms. The second kappa shape index (κ2) is 5.32. The summed E-state index contributed by atoms with van der Waals surface area (Å²) in [6.07, 6.45) is 2.17. The molecule has 1 saturated heterocycles. The first kappa shape index (κ1) is 13.2. The van der Waals surface area contributed by atoms with Gasteiger partial charge in [-0.05, 0) is 33.2 Å². The molecule has 2 atom stereocenters. The fourth-order valence-electron chi connectivity index (χ4n) is 2.81. The Kier molecular flexibility index (Phi) is 3.52. The van der Waals surface area contributed by atoms with E-state index >= 15 is 0 Å². The van der Waals surface area contributed by atoms with E-state index in [-0.39, 0.29) is 5.92 Å². The van der Waals surface area contributed by atoms with Gasteiger partial charge in [-0.1, -0.05) is 5.16 Å². The molecule has 2 aromatic rings. The summed E-state index contributed by atoms with van der Waals surface area (Å²) < 4.78 is 10.8. The van der Waals surface area contributed by atoms with Crippen molar-refractivity contribution in [3.05, 3.63) is 23.5 Å². The van der Waals surface area contributed by atoms with Crippen LogP contribution in [0.2, 0.25) is 0 Å². The maximum absolute atomic E-state index is 5.60. The van der Waals surface area contributed by atoms with Crippen molar-refractivity contribution in [3.63, 3.8) is 0 Å². The summed E-state index contributed by atoms with van der Waals surface area (Å²) in [5, 5.41) is 11.9. The molecule has 0 N–H and O–H groups in total. The summed E-state index contributed by atoms with van der Waals surface area (Å²) in [5.41, 5.74) is 0. The van der Waals surface area contributed by atoms with Crippen LogP contribution in [0.3, 0.4) is 0 Å². The third-order valence-electron chi connectivity index (χ3n) is 3.89. The fourth-order valence-corrected chi connectivity index (χ4v) is 2.81. The van der Waals surface area contributed by atoms with E-state index < -0.39 is 0 Å². The average molecular weight is 277 g/mol. The molecule has 1 aliphatic rings. The van der Waals surface area contributed by atoms with E-state index in [0.29, 0.717) is 30.2 Å². The largest absolute Gasteiger partial charge is 0.425 e. The van der Waals surface area contributed by atoms with Gasteiger partial charge in [-0.15, -0.1) is 10.2 Å². The lowest BCUT2D eigenvalue weighted by molar-refractivity contribution is 0.105. The number of likely N-dealkylation sites (tertiary alicyclic amines) is 1. The van der Waals surface area contributed by atoms with Gasteiger partial charge in [0.2, 0.25) is 17.7 Å². The molecule has 3 heterocycles. The van der Waals surface area contributed by atoms with Crippen molar-refractivity contribution in [2.75, 3.05) is 6.54 Å². The van der Waals surface area contributed by atoms with Crippen LogP contribution < -0.4 is 0 Å². The summed E-state index contributed by atoms with van der Waals surface area (Å²) in [5.74, 6) is 2.97. The van der Waals surface area contributed by atoms with Crippen molar-refractivity contribution in [2.45, 2.75) is 52.1 Å². The zero-order chi connectivity index (χ0) is 14.1. The van der Waals surface area contributed by atoms with E-state index in [0.717, 1.165) is 25.3 Å². The van der Waals surface area contributed by atoms with Crippen LogP contribution in [0.25, 0.3) is 0 Å². The lowest BCUT2D eigenvalue weighted by Gasteiger charge is -2.36. The van der Waals surface area contributed by atoms with Gasteiger partial charge >= 0.3 is 0 Å². The smallest absolute Gasteiger partial charge is 0.240 e. The Morgan fingerprint density at radius 1 is 1.30 bits per heavy atom. The zero-order valence-electron chi connectivity index (χ0n) is 12.0. The molecule has 7 nitrogen and oxygen atoms in total. The first-order valence-electron chi connectivity index (χ1n) is 6.96. The van der Waals surface area contributed by atoms with Gasteiger partial charge in [-0.25, -0.2) is 0 Å². The van der Waals surface area contributed by atoms with E-state index in [1.54, 1.807) is 0 Å². The van der Waals surface area contributed by atoms with Crippen LogP contribution in [0.1, 0.15) is 49.2 Å². The van der Waals surface area contributed by atoms with Crippen LogP contribution in [0.4, 0.5) is 0 Å². The molecular formula is C13H19N5O2. The van der Waals surface area contributed by atoms with Crippen LogP contribution in [0.15, 0.2) is 8.94 Å². The highest BCUT2D eigenvalue weighted by Crippen LogP contribution is 2.32. The predicted octanol–water partition coefficient (Wildman–Crippen LogP) is 1.84. The Labute approximate surface area is 117 Å². The summed E-state index contributed by atoms with van der Waals surface area (Å²) in [6, 6.07) is 0.316. The first-order chi connectivity index (χ1) is 9.63. The van der Waals surface area contributed by atoms with E-state index in [2.05, 4.69) is 32.2 Å². The zero-order valence-corrected chi connectivity index (χ0v) is 12.0. The van der Waals surface area contributed by atoms with Crippen LogP contribution in [-0.2, 0) is 6.54 Å². The number of piperidine rings is 1. The first-order valence-corrected chi connectivity index (χ1v) is 6.96. The summed E-state index contributed by atoms with van der Waals surface area (Å²) >= 11 is 0. The Bertz CT molecular complexity index is 579. The number of hydrogen-bond donors (Lipinski definition) is 0. The molecule has 2 aromatic heterocycles. The lowest BCUT2D eigenvalue weighted by Crippen LogP contribution is -2.41. The molecule has 1 aliphatic heterocycles. The molecule has 3 rings (SSSR count). The molecule has 20 heavy (non-hydrogen) atoms. The van der Waals surface area contributed by atoms with Gasteiger partial charge in [0, 0.05) is 13.0 Å². The second-order valence-electron chi connectivity index (χ2n) is 5.35. The van der Waals surface area contributed by atoms with Gasteiger partial charge in [0.1, 0.15) is 0 Å². The summed E-state index contributed by atoms with van der Waals surface area (Å²) in [7, 11) is 0. The van der Waals surface area contributed by atoms with Crippen molar-refractivity contribution in [1.29, 1.82) is 0 Å². The molecule has 0 amide bonds. The Morgan fingerprint density at radius 3 is 2.80 bits per heavy atom. The molecule has 0 unspecified atom stereocenters. The summed E-state index contributed by atoms with van der Waals surface area (Å²) in [4.78, 5) is 6.60. The fraction of sp³-hybridized carbons (Fsp3) is 0.692. The topological polar surface area (TPSA) is 81.1 Å². The van der Waals surface area contributed by atoms with Gasteiger partial charge in [0.15, 0.2) is 5.82 Å². The molecule has 7 heteroatoms. The van der Waals surface area contributed by atoms with Crippen molar-refractivity contribution in [2.24, 2.45) is 0 Å². The van der Waals surface area contributed by atoms with Crippen LogP contribution in [0, 0.1) is 13.8 Å². The van der Waals surface area contributed by atoms with Gasteiger partial charge in [-0.2, -0.15) is 4.98 Å². The molecule has 108 valence electrons. The van der Waals surface area contributed by atoms with Gasteiger partial charge in [0.05, 0.1) is 12.5 Å². The lowest BCUT2D eigenvalue weighted by atomic mass is 9.90. The highest BCUT2D eigenvalue weighted by atomic mass is 16.5. The highest BCUT2D eigenvalue weighted by Gasteiger charge is 2.33. The molecule has 0 radical (unpaired) electrons. The second-order valence-corrected chi connectivity index (χ2v) is 5.35. The third kappa shape index (κ3) is 2.58. The van der Waals surface area contributed by atoms with E-state index in [9.17, 15) is 0 Å². The molecule has 0 bridgehead atoms. The number of nitrogens with zero attached hydrogens (tertiary/aromatic N) is 5. The van der Waals surface area contributed by atoms with E-state index in [1.807, 2.05) is 13.8 Å². The molecular weight excluding hydrogens is 258 g/mol. The van der Waals surface area contributed by atoms with Crippen molar-refractivity contribution in [3.8, 4) is 0 Å². The molecule has 0 saturated carbocycles. The van der Waals surface area contributed by atoms with Gasteiger partial charge in [-0.3, -0.25) is 4.90 Å². The SMILES string of the molecule is Cc1noc(CN2CCC[C@H](c3nnc(C)o3)[C@@H]2C)n1. The Hall–Kier alpha value is -1.76. The van der Waals surface area contributed by atoms with Crippen LogP contribution >= 0.6 is 0 Å². The van der Waals surface area contributed by atoms with Gasteiger partial charge < -0.3 is 8.94 Å². The average Bonchev–Trinajstić information content (AvgIpc) is 3.01. The van der Waals surface area contributed by atoms with Crippen molar-refractivity contribution < 1.29 is 8.94 Å². The molecule has 0 aromatic carbocycles. The predicted molar refractivity (Wildman–Crippen MR) is 69.9 cm³/mol. The number of rotatable bonds is 3. The number of aromatic nitrogens is 4. The number of aryl methyl sites for hydroxylation is 2. The van der Waals surface area contributed by atoms with Crippen LogP contribution in [-0.4, -0.2) is 37.8 Å². The van der Waals surface area contributed by atoms with Gasteiger partial charge in [0.25, 0.3) is 0 Å². The molecule has 1 fully saturated rings. The minimum atomic E-state index is 0.272.